The molecule has 1 aliphatic heterocycles. The first-order valence-electron chi connectivity index (χ1n) is 9.94. The van der Waals surface area contributed by atoms with Gasteiger partial charge in [0.15, 0.2) is 0 Å². The number of nitrogens with zero attached hydrogens (tertiary/aromatic N) is 2. The van der Waals surface area contributed by atoms with Crippen molar-refractivity contribution in [3.05, 3.63) is 94.8 Å². The topological polar surface area (TPSA) is 46.9 Å². The molecule has 0 aliphatic carbocycles. The zero-order valence-corrected chi connectivity index (χ0v) is 17.4. The molecule has 0 radical (unpaired) electrons. The second-order valence-electron chi connectivity index (χ2n) is 7.23. The Morgan fingerprint density at radius 2 is 1.90 bits per heavy atom. The number of carbonyl (C=O) groups is 1. The van der Waals surface area contributed by atoms with Gasteiger partial charge in [-0.1, -0.05) is 60.7 Å². The molecule has 0 bridgehead atoms. The van der Waals surface area contributed by atoms with E-state index < -0.39 is 0 Å². The molecule has 0 unspecified atom stereocenters. The van der Waals surface area contributed by atoms with Crippen LogP contribution in [0.4, 0.5) is 0 Å². The van der Waals surface area contributed by atoms with Crippen LogP contribution < -0.4 is 5.32 Å². The molecule has 2 aromatic carbocycles. The lowest BCUT2D eigenvalue weighted by Gasteiger charge is -2.14. The molecule has 0 fully saturated rings. The van der Waals surface area contributed by atoms with E-state index in [2.05, 4.69) is 34.3 Å². The fraction of sp³-hybridized carbons (Fsp3) is 0.250. The van der Waals surface area contributed by atoms with Crippen molar-refractivity contribution in [1.29, 1.82) is 0 Å². The summed E-state index contributed by atoms with van der Waals surface area (Å²) in [5.74, 6) is 1.97. The number of hydrogen-bond donors (Lipinski definition) is 1. The fourth-order valence-electron chi connectivity index (χ4n) is 3.60. The third-order valence-corrected chi connectivity index (χ3v) is 6.14. The largest absolute Gasteiger partial charge is 0.346 e. The Bertz CT molecular complexity index is 996. The predicted octanol–water partition coefficient (Wildman–Crippen LogP) is 4.61. The Balaban J connectivity index is 1.50. The van der Waals surface area contributed by atoms with Gasteiger partial charge in [0.2, 0.25) is 5.91 Å². The standard InChI is InChI=1S/C24H25N3OS/c1-18(20-10-6-3-7-11-20)25-24(28)13-12-22-21-17-29-15-14-23(21)27(26-22)16-19-8-4-2-5-9-19/h2-13,18H,14-17H2,1H3,(H,25,28)/t18-/m1/s1. The zero-order chi connectivity index (χ0) is 20.1. The van der Waals surface area contributed by atoms with Gasteiger partial charge in [0.25, 0.3) is 0 Å². The van der Waals surface area contributed by atoms with Crippen molar-refractivity contribution in [1.82, 2.24) is 15.1 Å². The number of benzene rings is 2. The zero-order valence-electron chi connectivity index (χ0n) is 16.5. The van der Waals surface area contributed by atoms with E-state index >= 15 is 0 Å². The van der Waals surface area contributed by atoms with Crippen LogP contribution in [0.25, 0.3) is 6.08 Å². The maximum absolute atomic E-state index is 12.4. The van der Waals surface area contributed by atoms with Crippen molar-refractivity contribution in [2.75, 3.05) is 5.75 Å². The first-order valence-corrected chi connectivity index (χ1v) is 11.1. The van der Waals surface area contributed by atoms with Crippen LogP contribution in [0, 0.1) is 0 Å². The van der Waals surface area contributed by atoms with E-state index in [4.69, 9.17) is 5.10 Å². The van der Waals surface area contributed by atoms with Crippen molar-refractivity contribution >= 4 is 23.7 Å². The van der Waals surface area contributed by atoms with Gasteiger partial charge in [0.1, 0.15) is 0 Å². The first kappa shape index (κ1) is 19.5. The lowest BCUT2D eigenvalue weighted by molar-refractivity contribution is -0.117. The highest BCUT2D eigenvalue weighted by Gasteiger charge is 2.20. The van der Waals surface area contributed by atoms with Gasteiger partial charge in [0, 0.05) is 23.1 Å². The number of thioether (sulfide) groups is 1. The molecule has 2 heterocycles. The van der Waals surface area contributed by atoms with E-state index in [0.29, 0.717) is 0 Å². The summed E-state index contributed by atoms with van der Waals surface area (Å²) < 4.78 is 2.11. The number of rotatable bonds is 6. The van der Waals surface area contributed by atoms with Gasteiger partial charge in [-0.25, -0.2) is 0 Å². The van der Waals surface area contributed by atoms with Crippen LogP contribution in [0.3, 0.4) is 0 Å². The minimum absolute atomic E-state index is 0.0338. The summed E-state index contributed by atoms with van der Waals surface area (Å²) >= 11 is 1.93. The number of amides is 1. The quantitative estimate of drug-likeness (QED) is 0.612. The maximum Gasteiger partial charge on any atom is 0.244 e. The molecule has 1 amide bonds. The lowest BCUT2D eigenvalue weighted by Crippen LogP contribution is -2.24. The molecule has 0 spiro atoms. The van der Waals surface area contributed by atoms with Crippen molar-refractivity contribution in [3.63, 3.8) is 0 Å². The van der Waals surface area contributed by atoms with E-state index in [1.54, 1.807) is 6.08 Å². The van der Waals surface area contributed by atoms with Crippen molar-refractivity contribution in [2.24, 2.45) is 0 Å². The molecule has 5 heteroatoms. The molecule has 1 aromatic heterocycles. The third kappa shape index (κ3) is 4.80. The maximum atomic E-state index is 12.4. The first-order chi connectivity index (χ1) is 14.2. The van der Waals surface area contributed by atoms with Crippen LogP contribution in [0.15, 0.2) is 66.7 Å². The highest BCUT2D eigenvalue weighted by molar-refractivity contribution is 7.98. The van der Waals surface area contributed by atoms with E-state index in [9.17, 15) is 4.79 Å². The second-order valence-corrected chi connectivity index (χ2v) is 8.34. The van der Waals surface area contributed by atoms with Gasteiger partial charge in [0.05, 0.1) is 18.3 Å². The SMILES string of the molecule is C[C@@H](NC(=O)C=Cc1nn(Cc2ccccc2)c2c1CSCC2)c1ccccc1. The Kier molecular flexibility index (Phi) is 6.15. The smallest absolute Gasteiger partial charge is 0.244 e. The summed E-state index contributed by atoms with van der Waals surface area (Å²) in [5.41, 5.74) is 5.80. The summed E-state index contributed by atoms with van der Waals surface area (Å²) in [6, 6.07) is 20.3. The van der Waals surface area contributed by atoms with Gasteiger partial charge in [-0.2, -0.15) is 16.9 Å². The number of carbonyl (C=O) groups excluding carboxylic acids is 1. The summed E-state index contributed by atoms with van der Waals surface area (Å²) in [6.07, 6.45) is 4.48. The van der Waals surface area contributed by atoms with Gasteiger partial charge < -0.3 is 5.32 Å². The van der Waals surface area contributed by atoms with Crippen LogP contribution in [0.5, 0.6) is 0 Å². The van der Waals surface area contributed by atoms with Gasteiger partial charge in [-0.3, -0.25) is 9.48 Å². The molecule has 1 N–H and O–H groups in total. The third-order valence-electron chi connectivity index (χ3n) is 5.15. The Hall–Kier alpha value is -2.79. The molecule has 29 heavy (non-hydrogen) atoms. The number of nitrogens with one attached hydrogen (secondary N) is 1. The molecule has 4 rings (SSSR count). The molecule has 3 aromatic rings. The van der Waals surface area contributed by atoms with Crippen molar-refractivity contribution < 1.29 is 4.79 Å². The molecular weight excluding hydrogens is 378 g/mol. The predicted molar refractivity (Wildman–Crippen MR) is 120 cm³/mol. The van der Waals surface area contributed by atoms with Crippen LogP contribution in [0.2, 0.25) is 0 Å². The minimum Gasteiger partial charge on any atom is -0.346 e. The molecule has 148 valence electrons. The normalized spacial score (nSPS) is 14.5. The molecule has 1 atom stereocenters. The second kappa shape index (κ2) is 9.14. The highest BCUT2D eigenvalue weighted by Crippen LogP contribution is 2.28. The summed E-state index contributed by atoms with van der Waals surface area (Å²) in [5, 5.41) is 7.86. The fourth-order valence-corrected chi connectivity index (χ4v) is 4.60. The molecule has 1 aliphatic rings. The lowest BCUT2D eigenvalue weighted by atomic mass is 10.1. The van der Waals surface area contributed by atoms with Gasteiger partial charge >= 0.3 is 0 Å². The van der Waals surface area contributed by atoms with Crippen molar-refractivity contribution in [3.8, 4) is 0 Å². The Morgan fingerprint density at radius 3 is 2.66 bits per heavy atom. The van der Waals surface area contributed by atoms with Crippen LogP contribution in [0.1, 0.15) is 41.0 Å². The Labute approximate surface area is 176 Å². The average Bonchev–Trinajstić information content (AvgIpc) is 3.11. The molecule has 0 saturated carbocycles. The van der Waals surface area contributed by atoms with E-state index in [0.717, 1.165) is 35.7 Å². The number of fused-ring (bicyclic) bond motifs is 1. The molecule has 4 nitrogen and oxygen atoms in total. The van der Waals surface area contributed by atoms with Gasteiger partial charge in [-0.15, -0.1) is 0 Å². The Morgan fingerprint density at radius 1 is 1.17 bits per heavy atom. The number of aromatic nitrogens is 2. The van der Waals surface area contributed by atoms with E-state index in [1.807, 2.05) is 61.2 Å². The minimum atomic E-state index is -0.101. The monoisotopic (exact) mass is 403 g/mol. The highest BCUT2D eigenvalue weighted by atomic mass is 32.2. The summed E-state index contributed by atoms with van der Waals surface area (Å²) in [4.78, 5) is 12.4. The van der Waals surface area contributed by atoms with E-state index in [-0.39, 0.29) is 11.9 Å². The van der Waals surface area contributed by atoms with E-state index in [1.165, 1.54) is 16.8 Å². The molecular formula is C24H25N3OS. The summed E-state index contributed by atoms with van der Waals surface area (Å²) in [6.45, 7) is 2.76. The van der Waals surface area contributed by atoms with Crippen molar-refractivity contribution in [2.45, 2.75) is 31.7 Å². The summed E-state index contributed by atoms with van der Waals surface area (Å²) in [7, 11) is 0. The van der Waals surface area contributed by atoms with Gasteiger partial charge in [-0.05, 0) is 36.3 Å². The number of hydrogen-bond acceptors (Lipinski definition) is 3. The van der Waals surface area contributed by atoms with Crippen LogP contribution in [-0.2, 0) is 23.5 Å². The van der Waals surface area contributed by atoms with Crippen LogP contribution in [-0.4, -0.2) is 21.4 Å². The average molecular weight is 404 g/mol. The molecule has 0 saturated heterocycles. The van der Waals surface area contributed by atoms with Crippen LogP contribution >= 0.6 is 11.8 Å².